The molecular weight excluding hydrogens is 368 g/mol. The van der Waals surface area contributed by atoms with Crippen LogP contribution in [0.25, 0.3) is 0 Å². The molecule has 0 fully saturated rings. The first-order valence-corrected chi connectivity index (χ1v) is 9.90. The first kappa shape index (κ1) is 20.6. The van der Waals surface area contributed by atoms with E-state index in [4.69, 9.17) is 5.11 Å². The Bertz CT molecular complexity index is 904. The molecule has 0 saturated carbocycles. The highest BCUT2D eigenvalue weighted by molar-refractivity contribution is 7.89. The van der Waals surface area contributed by atoms with E-state index in [1.165, 1.54) is 24.3 Å². The zero-order chi connectivity index (χ0) is 20.0. The van der Waals surface area contributed by atoms with Gasteiger partial charge in [-0.2, -0.15) is 0 Å². The molecule has 2 rings (SSSR count). The molecule has 0 aliphatic carbocycles. The highest BCUT2D eigenvalue weighted by atomic mass is 32.2. The van der Waals surface area contributed by atoms with E-state index in [9.17, 15) is 18.0 Å². The molecule has 8 heteroatoms. The SMILES string of the molecule is CC(C)NS(=O)(=O)c1ccc(C(=O)Nc2ccc(CCC(=O)O)cc2)cc1. The van der Waals surface area contributed by atoms with Crippen molar-refractivity contribution in [3.63, 3.8) is 0 Å². The summed E-state index contributed by atoms with van der Waals surface area (Å²) in [6, 6.07) is 12.3. The van der Waals surface area contributed by atoms with Crippen LogP contribution >= 0.6 is 0 Å². The van der Waals surface area contributed by atoms with Gasteiger partial charge in [-0.1, -0.05) is 12.1 Å². The Kier molecular flexibility index (Phi) is 6.70. The van der Waals surface area contributed by atoms with Gasteiger partial charge in [0.1, 0.15) is 0 Å². The van der Waals surface area contributed by atoms with Gasteiger partial charge < -0.3 is 10.4 Å². The lowest BCUT2D eigenvalue weighted by Crippen LogP contribution is -2.30. The average Bonchev–Trinajstić information content (AvgIpc) is 2.60. The van der Waals surface area contributed by atoms with Crippen molar-refractivity contribution < 1.29 is 23.1 Å². The largest absolute Gasteiger partial charge is 0.481 e. The van der Waals surface area contributed by atoms with Gasteiger partial charge >= 0.3 is 5.97 Å². The minimum atomic E-state index is -3.60. The smallest absolute Gasteiger partial charge is 0.303 e. The summed E-state index contributed by atoms with van der Waals surface area (Å²) in [5.41, 5.74) is 1.76. The standard InChI is InChI=1S/C19H22N2O5S/c1-13(2)21-27(25,26)17-10-6-15(7-11-17)19(24)20-16-8-3-14(4-9-16)5-12-18(22)23/h3-4,6-11,13,21H,5,12H2,1-2H3,(H,20,24)(H,22,23). The van der Waals surface area contributed by atoms with Gasteiger partial charge in [-0.15, -0.1) is 0 Å². The third-order valence-electron chi connectivity index (χ3n) is 3.66. The van der Waals surface area contributed by atoms with Crippen molar-refractivity contribution in [2.24, 2.45) is 0 Å². The number of aryl methyl sites for hydroxylation is 1. The molecule has 144 valence electrons. The van der Waals surface area contributed by atoms with Gasteiger partial charge in [0.25, 0.3) is 5.91 Å². The number of anilines is 1. The molecule has 2 aromatic rings. The van der Waals surface area contributed by atoms with Crippen molar-refractivity contribution in [1.29, 1.82) is 0 Å². The van der Waals surface area contributed by atoms with Crippen molar-refractivity contribution in [1.82, 2.24) is 4.72 Å². The molecule has 0 aliphatic heterocycles. The third kappa shape index (κ3) is 6.19. The van der Waals surface area contributed by atoms with E-state index in [0.717, 1.165) is 5.56 Å². The fourth-order valence-electron chi connectivity index (χ4n) is 2.37. The van der Waals surface area contributed by atoms with Crippen molar-refractivity contribution in [2.75, 3.05) is 5.32 Å². The quantitative estimate of drug-likeness (QED) is 0.641. The Labute approximate surface area is 158 Å². The number of carboxylic acid groups (broad SMARTS) is 1. The molecule has 27 heavy (non-hydrogen) atoms. The first-order valence-electron chi connectivity index (χ1n) is 8.42. The van der Waals surface area contributed by atoms with Crippen LogP contribution in [0.2, 0.25) is 0 Å². The van der Waals surface area contributed by atoms with E-state index < -0.39 is 16.0 Å². The number of sulfonamides is 1. The topological polar surface area (TPSA) is 113 Å². The molecular formula is C19H22N2O5S. The summed E-state index contributed by atoms with van der Waals surface area (Å²) in [5, 5.41) is 11.4. The fourth-order valence-corrected chi connectivity index (χ4v) is 3.62. The number of nitrogens with one attached hydrogen (secondary N) is 2. The first-order chi connectivity index (χ1) is 12.7. The molecule has 0 aromatic heterocycles. The number of carbonyl (C=O) groups is 2. The Morgan fingerprint density at radius 1 is 1.00 bits per heavy atom. The van der Waals surface area contributed by atoms with Gasteiger partial charge in [0.15, 0.2) is 0 Å². The van der Waals surface area contributed by atoms with Gasteiger partial charge in [-0.3, -0.25) is 9.59 Å². The Morgan fingerprint density at radius 2 is 1.59 bits per heavy atom. The molecule has 3 N–H and O–H groups in total. The predicted octanol–water partition coefficient (Wildman–Crippen LogP) is 2.64. The van der Waals surface area contributed by atoms with Gasteiger partial charge in [0, 0.05) is 23.7 Å². The van der Waals surface area contributed by atoms with Crippen LogP contribution in [0.1, 0.15) is 36.2 Å². The highest BCUT2D eigenvalue weighted by Crippen LogP contribution is 2.15. The van der Waals surface area contributed by atoms with E-state index in [0.29, 0.717) is 17.7 Å². The van der Waals surface area contributed by atoms with Crippen molar-refractivity contribution in [3.05, 3.63) is 59.7 Å². The van der Waals surface area contributed by atoms with Crippen LogP contribution in [0, 0.1) is 0 Å². The molecule has 0 saturated heterocycles. The van der Waals surface area contributed by atoms with E-state index in [-0.39, 0.29) is 23.3 Å². The van der Waals surface area contributed by atoms with E-state index in [2.05, 4.69) is 10.0 Å². The Balaban J connectivity index is 2.03. The summed E-state index contributed by atoms with van der Waals surface area (Å²) in [6.45, 7) is 3.46. The number of benzene rings is 2. The Hall–Kier alpha value is -2.71. The summed E-state index contributed by atoms with van der Waals surface area (Å²) < 4.78 is 26.7. The molecule has 0 atom stereocenters. The van der Waals surface area contributed by atoms with Gasteiger partial charge in [-0.25, -0.2) is 13.1 Å². The lowest BCUT2D eigenvalue weighted by molar-refractivity contribution is -0.136. The molecule has 0 aliphatic rings. The van der Waals surface area contributed by atoms with Crippen LogP contribution in [-0.4, -0.2) is 31.4 Å². The minimum absolute atomic E-state index is 0.0482. The van der Waals surface area contributed by atoms with Crippen molar-refractivity contribution in [3.8, 4) is 0 Å². The van der Waals surface area contributed by atoms with Gasteiger partial charge in [0.2, 0.25) is 10.0 Å². The highest BCUT2D eigenvalue weighted by Gasteiger charge is 2.16. The van der Waals surface area contributed by atoms with Gasteiger partial charge in [-0.05, 0) is 62.2 Å². The summed E-state index contributed by atoms with van der Waals surface area (Å²) in [7, 11) is -3.60. The van der Waals surface area contributed by atoms with Crippen LogP contribution in [0.5, 0.6) is 0 Å². The molecule has 0 radical (unpaired) electrons. The third-order valence-corrected chi connectivity index (χ3v) is 5.33. The zero-order valence-electron chi connectivity index (χ0n) is 15.1. The number of carboxylic acids is 1. The zero-order valence-corrected chi connectivity index (χ0v) is 15.9. The Morgan fingerprint density at radius 3 is 2.11 bits per heavy atom. The van der Waals surface area contributed by atoms with Crippen molar-refractivity contribution in [2.45, 2.75) is 37.6 Å². The molecule has 2 aromatic carbocycles. The maximum absolute atomic E-state index is 12.3. The summed E-state index contributed by atoms with van der Waals surface area (Å²) >= 11 is 0. The number of carbonyl (C=O) groups excluding carboxylic acids is 1. The molecule has 1 amide bonds. The number of hydrogen-bond acceptors (Lipinski definition) is 4. The van der Waals surface area contributed by atoms with Crippen LogP contribution < -0.4 is 10.0 Å². The lowest BCUT2D eigenvalue weighted by Gasteiger charge is -2.10. The fraction of sp³-hybridized carbons (Fsp3) is 0.263. The number of hydrogen-bond donors (Lipinski definition) is 3. The second kappa shape index (κ2) is 8.79. The maximum Gasteiger partial charge on any atom is 0.303 e. The molecule has 0 spiro atoms. The van der Waals surface area contributed by atoms with Crippen LogP contribution in [0.4, 0.5) is 5.69 Å². The van der Waals surface area contributed by atoms with E-state index in [1.807, 2.05) is 0 Å². The maximum atomic E-state index is 12.3. The van der Waals surface area contributed by atoms with Crippen LogP contribution in [0.15, 0.2) is 53.4 Å². The monoisotopic (exact) mass is 390 g/mol. The van der Waals surface area contributed by atoms with Gasteiger partial charge in [0.05, 0.1) is 4.90 Å². The average molecular weight is 390 g/mol. The van der Waals surface area contributed by atoms with Crippen LogP contribution in [-0.2, 0) is 21.2 Å². The summed E-state index contributed by atoms with van der Waals surface area (Å²) in [6.07, 6.45) is 0.469. The normalized spacial score (nSPS) is 11.4. The van der Waals surface area contributed by atoms with Crippen molar-refractivity contribution >= 4 is 27.6 Å². The predicted molar refractivity (Wildman–Crippen MR) is 102 cm³/mol. The second-order valence-electron chi connectivity index (χ2n) is 6.35. The number of amides is 1. The molecule has 0 bridgehead atoms. The van der Waals surface area contributed by atoms with E-state index in [1.54, 1.807) is 38.1 Å². The lowest BCUT2D eigenvalue weighted by atomic mass is 10.1. The molecule has 0 heterocycles. The molecule has 0 unspecified atom stereocenters. The second-order valence-corrected chi connectivity index (χ2v) is 8.06. The summed E-state index contributed by atoms with van der Waals surface area (Å²) in [5.74, 6) is -1.23. The van der Waals surface area contributed by atoms with E-state index >= 15 is 0 Å². The number of rotatable bonds is 8. The van der Waals surface area contributed by atoms with Crippen LogP contribution in [0.3, 0.4) is 0 Å². The minimum Gasteiger partial charge on any atom is -0.481 e. The molecule has 7 nitrogen and oxygen atoms in total. The summed E-state index contributed by atoms with van der Waals surface area (Å²) in [4.78, 5) is 23.0. The number of aliphatic carboxylic acids is 1.